The van der Waals surface area contributed by atoms with Gasteiger partial charge in [0.15, 0.2) is 8.07 Å². The summed E-state index contributed by atoms with van der Waals surface area (Å²) >= 11 is 0. The predicted molar refractivity (Wildman–Crippen MR) is 299 cm³/mol. The second kappa shape index (κ2) is 16.1. The Morgan fingerprint density at radius 1 is 0.271 bits per heavy atom. The van der Waals surface area contributed by atoms with Crippen molar-refractivity contribution in [3.63, 3.8) is 0 Å². The van der Waals surface area contributed by atoms with Crippen LogP contribution in [0, 0.1) is 0 Å². The Balaban J connectivity index is 0.910. The number of fused-ring (bicyclic) bond motifs is 9. The molecule has 11 aromatic carbocycles. The van der Waals surface area contributed by atoms with E-state index in [0.29, 0.717) is 0 Å². The van der Waals surface area contributed by atoms with Gasteiger partial charge in [-0.2, -0.15) is 0 Å². The van der Waals surface area contributed by atoms with Crippen molar-refractivity contribution >= 4 is 106 Å². The number of nitrogens with zero attached hydrogens (tertiary/aromatic N) is 3. The molecule has 0 aliphatic carbocycles. The lowest BCUT2D eigenvalue weighted by molar-refractivity contribution is 1.17. The molecule has 14 rings (SSSR count). The molecule has 0 saturated carbocycles. The summed E-state index contributed by atoms with van der Waals surface area (Å²) in [4.78, 5) is 2.44. The molecule has 0 saturated heterocycles. The molecular weight excluding hydrogens is 863 g/mol. The summed E-state index contributed by atoms with van der Waals surface area (Å²) < 4.78 is 4.85. The van der Waals surface area contributed by atoms with Gasteiger partial charge in [-0.05, 0) is 105 Å². The fraction of sp³-hybridized carbons (Fsp3) is 0. The van der Waals surface area contributed by atoms with Gasteiger partial charge in [0, 0.05) is 55.1 Å². The maximum atomic E-state index is 2.45. The van der Waals surface area contributed by atoms with E-state index in [0.717, 1.165) is 22.7 Å². The van der Waals surface area contributed by atoms with Gasteiger partial charge in [-0.25, -0.2) is 0 Å². The van der Waals surface area contributed by atoms with Gasteiger partial charge in [0.05, 0.1) is 27.6 Å². The van der Waals surface area contributed by atoms with Gasteiger partial charge in [0.25, 0.3) is 0 Å². The van der Waals surface area contributed by atoms with E-state index in [9.17, 15) is 0 Å². The standard InChI is InChI=1S/C66H45N3Si/c1-4-18-52(19-5-1)70(53-20-6-2-7-21-53,54-22-8-3-9-23-54)55-42-34-47(35-43-55)46-32-36-48(37-33-46)67(49-38-40-50(41-39-49)68-62-28-14-10-24-56(62)57-25-11-15-29-63(57)68)51-44-60-58-26-12-16-30-64(58)69-65-31-17-13-27-59(65)61(45-51)66(60)69/h1-45H. The average Bonchev–Trinajstić information content (AvgIpc) is 4.08. The van der Waals surface area contributed by atoms with E-state index in [2.05, 4.69) is 287 Å². The molecule has 3 nitrogen and oxygen atoms in total. The average molecular weight is 908 g/mol. The molecule has 0 atom stereocenters. The molecule has 0 fully saturated rings. The summed E-state index contributed by atoms with van der Waals surface area (Å²) in [5, 5.41) is 13.0. The highest BCUT2D eigenvalue weighted by atomic mass is 28.3. The van der Waals surface area contributed by atoms with Crippen molar-refractivity contribution in [3.05, 3.63) is 273 Å². The number of hydrogen-bond acceptors (Lipinski definition) is 1. The van der Waals surface area contributed by atoms with Crippen LogP contribution in [0.25, 0.3) is 76.7 Å². The van der Waals surface area contributed by atoms with Gasteiger partial charge >= 0.3 is 0 Å². The van der Waals surface area contributed by atoms with Crippen LogP contribution in [0.15, 0.2) is 273 Å². The molecule has 14 aromatic rings. The summed E-state index contributed by atoms with van der Waals surface area (Å²) in [6.07, 6.45) is 0. The molecule has 4 heteroatoms. The highest BCUT2D eigenvalue weighted by Gasteiger charge is 2.41. The first-order chi connectivity index (χ1) is 34.7. The zero-order chi connectivity index (χ0) is 46.2. The highest BCUT2D eigenvalue weighted by molar-refractivity contribution is 7.19. The Morgan fingerprint density at radius 2 is 0.614 bits per heavy atom. The van der Waals surface area contributed by atoms with Gasteiger partial charge < -0.3 is 13.9 Å². The van der Waals surface area contributed by atoms with E-state index in [-0.39, 0.29) is 0 Å². The third kappa shape index (κ3) is 6.07. The molecule has 3 heterocycles. The van der Waals surface area contributed by atoms with E-state index in [1.165, 1.54) is 91.8 Å². The van der Waals surface area contributed by atoms with Crippen LogP contribution in [0.3, 0.4) is 0 Å². The molecule has 0 aliphatic rings. The summed E-state index contributed by atoms with van der Waals surface area (Å²) in [5.41, 5.74) is 12.9. The summed E-state index contributed by atoms with van der Waals surface area (Å²) in [6.45, 7) is 0. The minimum atomic E-state index is -2.64. The fourth-order valence-corrected chi connectivity index (χ4v) is 16.5. The smallest absolute Gasteiger partial charge is 0.179 e. The molecule has 328 valence electrons. The lowest BCUT2D eigenvalue weighted by Crippen LogP contribution is -2.74. The largest absolute Gasteiger partial charge is 0.310 e. The first kappa shape index (κ1) is 40.1. The summed E-state index contributed by atoms with van der Waals surface area (Å²) in [7, 11) is -2.64. The van der Waals surface area contributed by atoms with Gasteiger partial charge in [0.2, 0.25) is 0 Å². The van der Waals surface area contributed by atoms with Crippen LogP contribution in [0.1, 0.15) is 0 Å². The predicted octanol–water partition coefficient (Wildman–Crippen LogP) is 14.4. The number of benzene rings is 11. The van der Waals surface area contributed by atoms with E-state index < -0.39 is 8.07 Å². The third-order valence-corrected chi connectivity index (χ3v) is 19.6. The Morgan fingerprint density at radius 3 is 1.06 bits per heavy atom. The van der Waals surface area contributed by atoms with Crippen molar-refractivity contribution < 1.29 is 0 Å². The van der Waals surface area contributed by atoms with Gasteiger partial charge in [-0.15, -0.1) is 0 Å². The molecule has 0 bridgehead atoms. The molecule has 70 heavy (non-hydrogen) atoms. The lowest BCUT2D eigenvalue weighted by atomic mass is 10.0. The number of hydrogen-bond donors (Lipinski definition) is 0. The molecule has 0 radical (unpaired) electrons. The molecule has 0 aliphatic heterocycles. The first-order valence-electron chi connectivity index (χ1n) is 24.2. The normalized spacial score (nSPS) is 12.0. The van der Waals surface area contributed by atoms with Crippen molar-refractivity contribution in [1.82, 2.24) is 8.97 Å². The Hall–Kier alpha value is -8.96. The van der Waals surface area contributed by atoms with Crippen LogP contribution in [-0.4, -0.2) is 17.0 Å². The molecule has 0 spiro atoms. The molecule has 3 aromatic heterocycles. The fourth-order valence-electron chi connectivity index (χ4n) is 11.7. The Kier molecular flexibility index (Phi) is 9.23. The van der Waals surface area contributed by atoms with Crippen LogP contribution >= 0.6 is 0 Å². The monoisotopic (exact) mass is 907 g/mol. The van der Waals surface area contributed by atoms with E-state index in [4.69, 9.17) is 0 Å². The molecule has 0 N–H and O–H groups in total. The zero-order valence-electron chi connectivity index (χ0n) is 38.3. The number of anilines is 3. The van der Waals surface area contributed by atoms with Crippen LogP contribution < -0.4 is 25.6 Å². The topological polar surface area (TPSA) is 12.6 Å². The SMILES string of the molecule is c1ccc([Si](c2ccccc2)(c2ccccc2)c2ccc(-c3ccc(N(c4ccc(-n5c6ccccc6c6ccccc65)cc4)c4cc5c6ccccc6n6c7ccccc7c(c4)c56)cc3)cc2)cc1. The molecule has 0 amide bonds. The second-order valence-electron chi connectivity index (χ2n) is 18.5. The number of para-hydroxylation sites is 4. The van der Waals surface area contributed by atoms with E-state index >= 15 is 0 Å². The van der Waals surface area contributed by atoms with Gasteiger partial charge in [0.1, 0.15) is 0 Å². The highest BCUT2D eigenvalue weighted by Crippen LogP contribution is 2.45. The van der Waals surface area contributed by atoms with E-state index in [1.54, 1.807) is 0 Å². The van der Waals surface area contributed by atoms with Crippen LogP contribution in [0.5, 0.6) is 0 Å². The summed E-state index contributed by atoms with van der Waals surface area (Å²) in [5.74, 6) is 0. The molecular formula is C66H45N3Si. The Bertz CT molecular complexity index is 3960. The lowest BCUT2D eigenvalue weighted by Gasteiger charge is -2.34. The van der Waals surface area contributed by atoms with Crippen molar-refractivity contribution in [2.24, 2.45) is 0 Å². The van der Waals surface area contributed by atoms with Crippen molar-refractivity contribution in [3.8, 4) is 16.8 Å². The number of aromatic nitrogens is 2. The van der Waals surface area contributed by atoms with Crippen LogP contribution in [0.2, 0.25) is 0 Å². The van der Waals surface area contributed by atoms with Gasteiger partial charge in [-0.1, -0.05) is 200 Å². The Labute approximate surface area is 407 Å². The van der Waals surface area contributed by atoms with Crippen LogP contribution in [0.4, 0.5) is 17.1 Å². The zero-order valence-corrected chi connectivity index (χ0v) is 39.3. The quantitative estimate of drug-likeness (QED) is 0.104. The van der Waals surface area contributed by atoms with Crippen LogP contribution in [-0.2, 0) is 0 Å². The minimum Gasteiger partial charge on any atom is -0.310 e. The van der Waals surface area contributed by atoms with Crippen molar-refractivity contribution in [2.45, 2.75) is 0 Å². The maximum absolute atomic E-state index is 2.64. The van der Waals surface area contributed by atoms with Crippen molar-refractivity contribution in [1.29, 1.82) is 0 Å². The first-order valence-corrected chi connectivity index (χ1v) is 26.2. The second-order valence-corrected chi connectivity index (χ2v) is 22.3. The minimum absolute atomic E-state index is 1.09. The third-order valence-electron chi connectivity index (χ3n) is 14.8. The number of rotatable bonds is 9. The summed E-state index contributed by atoms with van der Waals surface area (Å²) in [6, 6.07) is 101. The maximum Gasteiger partial charge on any atom is 0.179 e. The van der Waals surface area contributed by atoms with E-state index in [1.807, 2.05) is 0 Å². The van der Waals surface area contributed by atoms with Crippen molar-refractivity contribution in [2.75, 3.05) is 4.90 Å². The molecule has 0 unspecified atom stereocenters. The van der Waals surface area contributed by atoms with Gasteiger partial charge in [-0.3, -0.25) is 0 Å².